The number of furan rings is 1. The predicted octanol–water partition coefficient (Wildman–Crippen LogP) is 2.54. The molecule has 2 heterocycles. The molecule has 0 unspecified atom stereocenters. The third-order valence-electron chi connectivity index (χ3n) is 3.46. The number of aliphatic hydroxyl groups excluding tert-OH is 1. The van der Waals surface area contributed by atoms with Crippen molar-refractivity contribution in [1.29, 1.82) is 0 Å². The number of aliphatic hydroxyl groups is 1. The average Bonchev–Trinajstić information content (AvgIpc) is 2.66. The summed E-state index contributed by atoms with van der Waals surface area (Å²) in [4.78, 5) is 0. The zero-order valence-electron chi connectivity index (χ0n) is 10.1. The Hall–Kier alpha value is -0.800. The summed E-state index contributed by atoms with van der Waals surface area (Å²) in [6.45, 7) is 5.84. The molecule has 3 heteroatoms. The van der Waals surface area contributed by atoms with Crippen molar-refractivity contribution in [2.45, 2.75) is 45.6 Å². The van der Waals surface area contributed by atoms with Crippen molar-refractivity contribution in [2.24, 2.45) is 0 Å². The maximum atomic E-state index is 9.36. The van der Waals surface area contributed by atoms with Crippen LogP contribution < -0.4 is 0 Å². The Morgan fingerprint density at radius 3 is 2.50 bits per heavy atom. The predicted molar refractivity (Wildman–Crippen MR) is 61.5 cm³/mol. The van der Waals surface area contributed by atoms with E-state index in [0.29, 0.717) is 5.92 Å². The highest BCUT2D eigenvalue weighted by Gasteiger charge is 2.24. The first-order valence-corrected chi connectivity index (χ1v) is 6.07. The molecular formula is C13H20O3. The van der Waals surface area contributed by atoms with Crippen molar-refractivity contribution in [3.05, 3.63) is 22.6 Å². The van der Waals surface area contributed by atoms with Gasteiger partial charge in [-0.25, -0.2) is 0 Å². The SMILES string of the molecule is CCc1oc(C2CCOCC2)c(C)c1CO. The first kappa shape index (κ1) is 11.7. The van der Waals surface area contributed by atoms with Crippen molar-refractivity contribution < 1.29 is 14.3 Å². The van der Waals surface area contributed by atoms with E-state index < -0.39 is 0 Å². The molecule has 1 aliphatic rings. The van der Waals surface area contributed by atoms with E-state index in [1.165, 1.54) is 0 Å². The van der Waals surface area contributed by atoms with Gasteiger partial charge in [0.2, 0.25) is 0 Å². The summed E-state index contributed by atoms with van der Waals surface area (Å²) in [6.07, 6.45) is 2.91. The van der Waals surface area contributed by atoms with Crippen LogP contribution in [0.2, 0.25) is 0 Å². The quantitative estimate of drug-likeness (QED) is 0.858. The summed E-state index contributed by atoms with van der Waals surface area (Å²) in [6, 6.07) is 0. The van der Waals surface area contributed by atoms with Crippen LogP contribution in [0.3, 0.4) is 0 Å². The van der Waals surface area contributed by atoms with Crippen molar-refractivity contribution in [3.8, 4) is 0 Å². The van der Waals surface area contributed by atoms with Gasteiger partial charge in [0.15, 0.2) is 0 Å². The van der Waals surface area contributed by atoms with Gasteiger partial charge in [-0.1, -0.05) is 6.92 Å². The highest BCUT2D eigenvalue weighted by atomic mass is 16.5. The minimum Gasteiger partial charge on any atom is -0.465 e. The minimum atomic E-state index is 0.0850. The van der Waals surface area contributed by atoms with Crippen molar-refractivity contribution in [2.75, 3.05) is 13.2 Å². The normalized spacial score (nSPS) is 17.9. The van der Waals surface area contributed by atoms with Crippen LogP contribution in [0, 0.1) is 6.92 Å². The smallest absolute Gasteiger partial charge is 0.110 e. The fraction of sp³-hybridized carbons (Fsp3) is 0.692. The Labute approximate surface area is 96.4 Å². The van der Waals surface area contributed by atoms with Crippen LogP contribution in [0.25, 0.3) is 0 Å². The Kier molecular flexibility index (Phi) is 3.66. The first-order valence-electron chi connectivity index (χ1n) is 6.07. The summed E-state index contributed by atoms with van der Waals surface area (Å²) in [5.41, 5.74) is 2.13. The molecule has 1 N–H and O–H groups in total. The zero-order valence-corrected chi connectivity index (χ0v) is 10.1. The number of rotatable bonds is 3. The third-order valence-corrected chi connectivity index (χ3v) is 3.46. The third kappa shape index (κ3) is 2.02. The van der Waals surface area contributed by atoms with Gasteiger partial charge in [-0.3, -0.25) is 0 Å². The Morgan fingerprint density at radius 1 is 1.31 bits per heavy atom. The molecule has 0 aliphatic carbocycles. The molecule has 1 aromatic heterocycles. The van der Waals surface area contributed by atoms with Crippen LogP contribution in [0.5, 0.6) is 0 Å². The lowest BCUT2D eigenvalue weighted by molar-refractivity contribution is 0.0802. The number of hydrogen-bond donors (Lipinski definition) is 1. The van der Waals surface area contributed by atoms with Crippen molar-refractivity contribution >= 4 is 0 Å². The summed E-state index contributed by atoms with van der Waals surface area (Å²) in [7, 11) is 0. The second kappa shape index (κ2) is 5.02. The van der Waals surface area contributed by atoms with Gasteiger partial charge in [0.05, 0.1) is 6.61 Å². The van der Waals surface area contributed by atoms with E-state index in [-0.39, 0.29) is 6.61 Å². The maximum Gasteiger partial charge on any atom is 0.110 e. The molecular weight excluding hydrogens is 204 g/mol. The molecule has 0 radical (unpaired) electrons. The molecule has 1 saturated heterocycles. The molecule has 0 amide bonds. The van der Waals surface area contributed by atoms with E-state index in [4.69, 9.17) is 9.15 Å². The van der Waals surface area contributed by atoms with Crippen LogP contribution in [0.15, 0.2) is 4.42 Å². The van der Waals surface area contributed by atoms with Gasteiger partial charge in [0.25, 0.3) is 0 Å². The largest absolute Gasteiger partial charge is 0.465 e. The number of hydrogen-bond acceptors (Lipinski definition) is 3. The topological polar surface area (TPSA) is 42.6 Å². The molecule has 0 spiro atoms. The van der Waals surface area contributed by atoms with E-state index in [1.54, 1.807) is 0 Å². The van der Waals surface area contributed by atoms with E-state index >= 15 is 0 Å². The van der Waals surface area contributed by atoms with Gasteiger partial charge in [-0.05, 0) is 25.3 Å². The highest BCUT2D eigenvalue weighted by molar-refractivity contribution is 5.34. The molecule has 1 aromatic rings. The fourth-order valence-corrected chi connectivity index (χ4v) is 2.47. The van der Waals surface area contributed by atoms with E-state index in [1.807, 2.05) is 0 Å². The van der Waals surface area contributed by atoms with Gasteiger partial charge < -0.3 is 14.3 Å². The minimum absolute atomic E-state index is 0.0850. The second-order valence-corrected chi connectivity index (χ2v) is 4.39. The summed E-state index contributed by atoms with van der Waals surface area (Å²) in [5.74, 6) is 2.49. The summed E-state index contributed by atoms with van der Waals surface area (Å²) in [5, 5.41) is 9.36. The molecule has 0 bridgehead atoms. The summed E-state index contributed by atoms with van der Waals surface area (Å²) < 4.78 is 11.3. The van der Waals surface area contributed by atoms with Crippen LogP contribution in [0.4, 0.5) is 0 Å². The standard InChI is InChI=1S/C13H20O3/c1-3-12-11(8-14)9(2)13(16-12)10-4-6-15-7-5-10/h10,14H,3-8H2,1-2H3. The summed E-state index contributed by atoms with van der Waals surface area (Å²) >= 11 is 0. The van der Waals surface area contributed by atoms with Crippen molar-refractivity contribution in [3.63, 3.8) is 0 Å². The van der Waals surface area contributed by atoms with Crippen molar-refractivity contribution in [1.82, 2.24) is 0 Å². The van der Waals surface area contributed by atoms with Crippen LogP contribution in [0.1, 0.15) is 48.3 Å². The average molecular weight is 224 g/mol. The molecule has 90 valence electrons. The molecule has 16 heavy (non-hydrogen) atoms. The van der Waals surface area contributed by atoms with E-state index in [0.717, 1.165) is 55.1 Å². The molecule has 0 aromatic carbocycles. The second-order valence-electron chi connectivity index (χ2n) is 4.39. The highest BCUT2D eigenvalue weighted by Crippen LogP contribution is 2.34. The Balaban J connectivity index is 2.29. The zero-order chi connectivity index (χ0) is 11.5. The molecule has 2 rings (SSSR count). The molecule has 3 nitrogen and oxygen atoms in total. The first-order chi connectivity index (χ1) is 7.77. The lowest BCUT2D eigenvalue weighted by Gasteiger charge is -2.20. The Morgan fingerprint density at radius 2 is 2.00 bits per heavy atom. The molecule has 0 saturated carbocycles. The van der Waals surface area contributed by atoms with Gasteiger partial charge in [0.1, 0.15) is 11.5 Å². The molecule has 0 atom stereocenters. The van der Waals surface area contributed by atoms with Gasteiger partial charge in [-0.15, -0.1) is 0 Å². The van der Waals surface area contributed by atoms with Crippen LogP contribution in [-0.4, -0.2) is 18.3 Å². The van der Waals surface area contributed by atoms with E-state index in [2.05, 4.69) is 13.8 Å². The van der Waals surface area contributed by atoms with Crippen LogP contribution in [-0.2, 0) is 17.8 Å². The van der Waals surface area contributed by atoms with Gasteiger partial charge >= 0.3 is 0 Å². The number of ether oxygens (including phenoxy) is 1. The van der Waals surface area contributed by atoms with Gasteiger partial charge in [-0.2, -0.15) is 0 Å². The monoisotopic (exact) mass is 224 g/mol. The molecule has 1 fully saturated rings. The number of aryl methyl sites for hydroxylation is 1. The lowest BCUT2D eigenvalue weighted by atomic mass is 9.94. The van der Waals surface area contributed by atoms with E-state index in [9.17, 15) is 5.11 Å². The van der Waals surface area contributed by atoms with Crippen LogP contribution >= 0.6 is 0 Å². The molecule has 1 aliphatic heterocycles. The Bertz CT molecular complexity index is 348. The fourth-order valence-electron chi connectivity index (χ4n) is 2.47. The lowest BCUT2D eigenvalue weighted by Crippen LogP contribution is -2.14. The maximum absolute atomic E-state index is 9.36. The van der Waals surface area contributed by atoms with Gasteiger partial charge in [0, 0.05) is 31.1 Å².